The Labute approximate surface area is 257 Å². The molecule has 0 aromatic heterocycles. The normalized spacial score (nSPS) is 19.2. The van der Waals surface area contributed by atoms with E-state index in [1.54, 1.807) is 37.3 Å². The molecule has 13 heteroatoms. The molecular formula is C29H35IN2O10. The summed E-state index contributed by atoms with van der Waals surface area (Å²) in [6.07, 6.45) is -0.759. The number of rotatable bonds is 13. The minimum absolute atomic E-state index is 0.0262. The standard InChI is InChI=1S/C29H35IN2O10/c1-3-39-15-26(35)32(13-17-4-5-22-23(9-17)41-16-40-22)21-11-19(29(37)31-6-7-33)12-24(27(21)36)42-28-20(30)8-18(14-34)10-25(28)38-2/h4-5,8-10,12,21,24,27,33-34,36H,3,6-7,11,13-16H2,1-2H3,(H,31,37)/t21-,24+,27+/m1/s1. The summed E-state index contributed by atoms with van der Waals surface area (Å²) >= 11 is 2.04. The molecule has 42 heavy (non-hydrogen) atoms. The van der Waals surface area contributed by atoms with Crippen molar-refractivity contribution in [2.45, 2.75) is 44.7 Å². The van der Waals surface area contributed by atoms with Gasteiger partial charge in [-0.2, -0.15) is 0 Å². The predicted molar refractivity (Wildman–Crippen MR) is 158 cm³/mol. The number of hydrogen-bond acceptors (Lipinski definition) is 10. The van der Waals surface area contributed by atoms with Crippen molar-refractivity contribution < 1.29 is 48.6 Å². The lowest BCUT2D eigenvalue weighted by atomic mass is 9.87. The van der Waals surface area contributed by atoms with Gasteiger partial charge in [-0.05, 0) is 71.0 Å². The summed E-state index contributed by atoms with van der Waals surface area (Å²) in [7, 11) is 1.46. The molecule has 3 atom stereocenters. The summed E-state index contributed by atoms with van der Waals surface area (Å²) in [5.41, 5.74) is 1.62. The van der Waals surface area contributed by atoms with E-state index in [2.05, 4.69) is 5.32 Å². The summed E-state index contributed by atoms with van der Waals surface area (Å²) in [5, 5.41) is 33.2. The maximum atomic E-state index is 13.5. The molecule has 12 nitrogen and oxygen atoms in total. The maximum Gasteiger partial charge on any atom is 0.249 e. The van der Waals surface area contributed by atoms with Crippen LogP contribution < -0.4 is 24.3 Å². The largest absolute Gasteiger partial charge is 0.493 e. The molecule has 0 fully saturated rings. The van der Waals surface area contributed by atoms with Crippen LogP contribution in [0.3, 0.4) is 0 Å². The highest BCUT2D eigenvalue weighted by Gasteiger charge is 2.41. The van der Waals surface area contributed by atoms with Gasteiger partial charge in [0.05, 0.1) is 29.9 Å². The fourth-order valence-electron chi connectivity index (χ4n) is 4.79. The van der Waals surface area contributed by atoms with Crippen molar-refractivity contribution in [2.75, 3.05) is 40.3 Å². The van der Waals surface area contributed by atoms with Gasteiger partial charge < -0.3 is 49.2 Å². The molecule has 2 aliphatic rings. The van der Waals surface area contributed by atoms with Crippen molar-refractivity contribution in [2.24, 2.45) is 0 Å². The molecule has 0 unspecified atom stereocenters. The molecule has 0 saturated carbocycles. The third-order valence-electron chi connectivity index (χ3n) is 6.88. The van der Waals surface area contributed by atoms with Crippen molar-refractivity contribution in [3.63, 3.8) is 0 Å². The first-order valence-electron chi connectivity index (χ1n) is 13.5. The maximum absolute atomic E-state index is 13.5. The summed E-state index contributed by atoms with van der Waals surface area (Å²) in [4.78, 5) is 28.1. The molecular weight excluding hydrogens is 663 g/mol. The minimum Gasteiger partial charge on any atom is -0.493 e. The Morgan fingerprint density at radius 2 is 1.93 bits per heavy atom. The number of methoxy groups -OCH3 is 1. The van der Waals surface area contributed by atoms with Gasteiger partial charge in [0.25, 0.3) is 0 Å². The third kappa shape index (κ3) is 7.45. The van der Waals surface area contributed by atoms with Crippen LogP contribution in [0, 0.1) is 3.57 Å². The molecule has 0 bridgehead atoms. The van der Waals surface area contributed by atoms with Crippen LogP contribution in [-0.4, -0.2) is 90.6 Å². The lowest BCUT2D eigenvalue weighted by Crippen LogP contribution is -2.55. The van der Waals surface area contributed by atoms with Crippen LogP contribution in [0.2, 0.25) is 0 Å². The number of carbonyl (C=O) groups excluding carboxylic acids is 2. The lowest BCUT2D eigenvalue weighted by molar-refractivity contribution is -0.144. The van der Waals surface area contributed by atoms with Gasteiger partial charge in [0.2, 0.25) is 18.6 Å². The van der Waals surface area contributed by atoms with E-state index in [1.165, 1.54) is 18.1 Å². The Morgan fingerprint density at radius 1 is 1.14 bits per heavy atom. The third-order valence-corrected chi connectivity index (χ3v) is 7.68. The fraction of sp³-hybridized carbons (Fsp3) is 0.448. The minimum atomic E-state index is -1.25. The quantitative estimate of drug-likeness (QED) is 0.226. The summed E-state index contributed by atoms with van der Waals surface area (Å²) in [6, 6.07) is 7.80. The number of fused-ring (bicyclic) bond motifs is 1. The smallest absolute Gasteiger partial charge is 0.249 e. The van der Waals surface area contributed by atoms with E-state index in [0.717, 1.165) is 5.56 Å². The van der Waals surface area contributed by atoms with E-state index in [9.17, 15) is 24.9 Å². The van der Waals surface area contributed by atoms with Gasteiger partial charge in [0, 0.05) is 31.7 Å². The molecule has 1 aliphatic carbocycles. The first-order chi connectivity index (χ1) is 20.3. The number of halogens is 1. The van der Waals surface area contributed by atoms with Crippen molar-refractivity contribution in [1.29, 1.82) is 0 Å². The highest BCUT2D eigenvalue weighted by Crippen LogP contribution is 2.38. The van der Waals surface area contributed by atoms with E-state index in [4.69, 9.17) is 23.7 Å². The number of benzene rings is 2. The number of nitrogens with zero attached hydrogens (tertiary/aromatic N) is 1. The zero-order valence-electron chi connectivity index (χ0n) is 23.4. The van der Waals surface area contributed by atoms with Gasteiger partial charge in [-0.1, -0.05) is 6.07 Å². The molecule has 2 amide bonds. The van der Waals surface area contributed by atoms with Crippen molar-refractivity contribution in [3.05, 3.63) is 56.7 Å². The van der Waals surface area contributed by atoms with E-state index in [1.807, 2.05) is 22.6 Å². The highest BCUT2D eigenvalue weighted by molar-refractivity contribution is 14.1. The summed E-state index contributed by atoms with van der Waals surface area (Å²) in [5.74, 6) is 0.963. The lowest BCUT2D eigenvalue weighted by Gasteiger charge is -2.40. The molecule has 0 radical (unpaired) electrons. The number of hydrogen-bond donors (Lipinski definition) is 4. The van der Waals surface area contributed by atoms with E-state index >= 15 is 0 Å². The number of carbonyl (C=O) groups is 2. The molecule has 1 heterocycles. The Bertz CT molecular complexity index is 1300. The van der Waals surface area contributed by atoms with Crippen LogP contribution >= 0.6 is 22.6 Å². The van der Waals surface area contributed by atoms with Gasteiger partial charge in [-0.15, -0.1) is 0 Å². The number of aliphatic hydroxyl groups excluding tert-OH is 3. The molecule has 4 N–H and O–H groups in total. The molecule has 228 valence electrons. The van der Waals surface area contributed by atoms with Crippen LogP contribution in [0.5, 0.6) is 23.0 Å². The molecule has 4 rings (SSSR count). The molecule has 2 aromatic carbocycles. The topological polar surface area (TPSA) is 156 Å². The van der Waals surface area contributed by atoms with Crippen LogP contribution in [0.15, 0.2) is 42.0 Å². The van der Waals surface area contributed by atoms with Crippen LogP contribution in [0.1, 0.15) is 24.5 Å². The number of amides is 2. The highest BCUT2D eigenvalue weighted by atomic mass is 127. The Kier molecular flexibility index (Phi) is 11.3. The van der Waals surface area contributed by atoms with Gasteiger partial charge in [0.15, 0.2) is 23.0 Å². The van der Waals surface area contributed by atoms with Crippen LogP contribution in [0.25, 0.3) is 0 Å². The van der Waals surface area contributed by atoms with Crippen LogP contribution in [0.4, 0.5) is 0 Å². The molecule has 2 aromatic rings. The summed E-state index contributed by atoms with van der Waals surface area (Å²) in [6.45, 7) is 1.65. The van der Waals surface area contributed by atoms with Gasteiger partial charge in [0.1, 0.15) is 18.8 Å². The van der Waals surface area contributed by atoms with Crippen molar-refractivity contribution in [3.8, 4) is 23.0 Å². The zero-order chi connectivity index (χ0) is 30.2. The second-order valence-corrected chi connectivity index (χ2v) is 10.8. The Balaban J connectivity index is 1.71. The first kappa shape index (κ1) is 31.8. The summed E-state index contributed by atoms with van der Waals surface area (Å²) < 4.78 is 28.7. The SMILES string of the molecule is CCOCC(=O)N(Cc1ccc2c(c1)OCO2)[C@@H]1CC(C(=O)NCCO)=C[C@H](Oc2c(I)cc(CO)cc2OC)[C@H]1O. The molecule has 0 spiro atoms. The van der Waals surface area contributed by atoms with E-state index < -0.39 is 24.2 Å². The second kappa shape index (κ2) is 14.9. The van der Waals surface area contributed by atoms with Crippen molar-refractivity contribution >= 4 is 34.4 Å². The molecule has 1 aliphatic heterocycles. The molecule has 0 saturated heterocycles. The van der Waals surface area contributed by atoms with Crippen molar-refractivity contribution in [1.82, 2.24) is 10.2 Å². The Morgan fingerprint density at radius 3 is 2.64 bits per heavy atom. The van der Waals surface area contributed by atoms with Gasteiger partial charge in [-0.25, -0.2) is 0 Å². The average molecular weight is 699 g/mol. The van der Waals surface area contributed by atoms with E-state index in [-0.39, 0.29) is 57.6 Å². The number of nitrogens with one attached hydrogen (secondary N) is 1. The zero-order valence-corrected chi connectivity index (χ0v) is 25.5. The van der Waals surface area contributed by atoms with E-state index in [0.29, 0.717) is 38.7 Å². The predicted octanol–water partition coefficient (Wildman–Crippen LogP) is 1.50. The fourth-order valence-corrected chi connectivity index (χ4v) is 5.59. The second-order valence-electron chi connectivity index (χ2n) is 9.63. The monoisotopic (exact) mass is 698 g/mol. The van der Waals surface area contributed by atoms with Gasteiger partial charge >= 0.3 is 0 Å². The Hall–Kier alpha value is -3.11. The van der Waals surface area contributed by atoms with Crippen LogP contribution in [-0.2, 0) is 27.5 Å². The number of aliphatic hydroxyl groups is 3. The van der Waals surface area contributed by atoms with Gasteiger partial charge in [-0.3, -0.25) is 9.59 Å². The number of ether oxygens (including phenoxy) is 5. The average Bonchev–Trinajstić information content (AvgIpc) is 3.47. The first-order valence-corrected chi connectivity index (χ1v) is 14.5.